The fourth-order valence-electron chi connectivity index (χ4n) is 1.26. The summed E-state index contributed by atoms with van der Waals surface area (Å²) in [7, 11) is 0. The van der Waals surface area contributed by atoms with Gasteiger partial charge in [-0.1, -0.05) is 13.3 Å². The molecule has 4 heteroatoms. The third kappa shape index (κ3) is 8.39. The molecule has 0 aromatic rings. The second-order valence-electron chi connectivity index (χ2n) is 3.59. The minimum Gasteiger partial charge on any atom is -0.382 e. The van der Waals surface area contributed by atoms with Crippen molar-refractivity contribution >= 4 is 5.91 Å². The lowest BCUT2D eigenvalue weighted by Gasteiger charge is -2.10. The summed E-state index contributed by atoms with van der Waals surface area (Å²) in [5.74, 6) is -0.0340. The van der Waals surface area contributed by atoms with Gasteiger partial charge in [-0.2, -0.15) is 0 Å². The molecule has 0 bridgehead atoms. The quantitative estimate of drug-likeness (QED) is 0.566. The molecule has 0 aliphatic heterocycles. The van der Waals surface area contributed by atoms with Crippen LogP contribution in [0.2, 0.25) is 0 Å². The molecule has 90 valence electrons. The van der Waals surface area contributed by atoms with Gasteiger partial charge in [0, 0.05) is 19.8 Å². The van der Waals surface area contributed by atoms with Gasteiger partial charge >= 0.3 is 0 Å². The Morgan fingerprint density at radius 2 is 2.13 bits per heavy atom. The van der Waals surface area contributed by atoms with Crippen LogP contribution in [-0.4, -0.2) is 31.7 Å². The summed E-state index contributed by atoms with van der Waals surface area (Å²) in [5.41, 5.74) is 5.65. The molecule has 1 atom stereocenters. The van der Waals surface area contributed by atoms with Crippen molar-refractivity contribution in [3.05, 3.63) is 0 Å². The Kier molecular flexibility index (Phi) is 9.52. The van der Waals surface area contributed by atoms with Gasteiger partial charge in [0.2, 0.25) is 5.91 Å². The van der Waals surface area contributed by atoms with Gasteiger partial charge < -0.3 is 15.8 Å². The van der Waals surface area contributed by atoms with Gasteiger partial charge in [0.15, 0.2) is 0 Å². The van der Waals surface area contributed by atoms with Crippen LogP contribution in [0.5, 0.6) is 0 Å². The van der Waals surface area contributed by atoms with Crippen LogP contribution < -0.4 is 11.1 Å². The number of carbonyl (C=O) groups excluding carboxylic acids is 1. The SMILES string of the molecule is CCCC(N)C(=O)NCCCCOCC. The first-order valence-corrected chi connectivity index (χ1v) is 5.83. The molecule has 0 aromatic carbocycles. The highest BCUT2D eigenvalue weighted by Gasteiger charge is 2.10. The van der Waals surface area contributed by atoms with Gasteiger partial charge in [0.25, 0.3) is 0 Å². The first-order valence-electron chi connectivity index (χ1n) is 5.83. The van der Waals surface area contributed by atoms with Gasteiger partial charge in [-0.15, -0.1) is 0 Å². The third-order valence-electron chi connectivity index (χ3n) is 2.16. The van der Waals surface area contributed by atoms with Crippen molar-refractivity contribution < 1.29 is 9.53 Å². The Hall–Kier alpha value is -0.610. The normalized spacial score (nSPS) is 12.5. The number of nitrogens with one attached hydrogen (secondary N) is 1. The zero-order valence-electron chi connectivity index (χ0n) is 9.92. The van der Waals surface area contributed by atoms with E-state index in [4.69, 9.17) is 10.5 Å². The second-order valence-corrected chi connectivity index (χ2v) is 3.59. The van der Waals surface area contributed by atoms with Crippen LogP contribution in [0.25, 0.3) is 0 Å². The smallest absolute Gasteiger partial charge is 0.236 e. The molecule has 0 radical (unpaired) electrons. The highest BCUT2D eigenvalue weighted by atomic mass is 16.5. The summed E-state index contributed by atoms with van der Waals surface area (Å²) in [6, 6.07) is -0.345. The Balaban J connectivity index is 3.30. The van der Waals surface area contributed by atoms with Gasteiger partial charge in [-0.25, -0.2) is 0 Å². The Labute approximate surface area is 92.6 Å². The van der Waals surface area contributed by atoms with E-state index in [2.05, 4.69) is 5.32 Å². The maximum absolute atomic E-state index is 11.4. The molecular formula is C11H24N2O2. The van der Waals surface area contributed by atoms with Gasteiger partial charge in [0.05, 0.1) is 6.04 Å². The van der Waals surface area contributed by atoms with E-state index in [1.165, 1.54) is 0 Å². The van der Waals surface area contributed by atoms with Crippen molar-refractivity contribution in [2.45, 2.75) is 45.6 Å². The molecule has 0 spiro atoms. The van der Waals surface area contributed by atoms with Crippen molar-refractivity contribution in [1.82, 2.24) is 5.32 Å². The number of ether oxygens (including phenoxy) is 1. The van der Waals surface area contributed by atoms with Crippen LogP contribution in [0.3, 0.4) is 0 Å². The number of carbonyl (C=O) groups is 1. The number of nitrogens with two attached hydrogens (primary N) is 1. The molecule has 0 fully saturated rings. The largest absolute Gasteiger partial charge is 0.382 e. The first-order chi connectivity index (χ1) is 7.22. The van der Waals surface area contributed by atoms with E-state index < -0.39 is 0 Å². The van der Waals surface area contributed by atoms with Crippen LogP contribution in [0.4, 0.5) is 0 Å². The summed E-state index contributed by atoms with van der Waals surface area (Å²) in [6.45, 7) is 6.23. The number of hydrogen-bond acceptors (Lipinski definition) is 3. The number of rotatable bonds is 9. The molecule has 15 heavy (non-hydrogen) atoms. The minimum atomic E-state index is -0.345. The van der Waals surface area contributed by atoms with E-state index in [-0.39, 0.29) is 11.9 Å². The fourth-order valence-corrected chi connectivity index (χ4v) is 1.26. The topological polar surface area (TPSA) is 64.4 Å². The summed E-state index contributed by atoms with van der Waals surface area (Å²) in [4.78, 5) is 11.4. The molecule has 0 aliphatic carbocycles. The summed E-state index contributed by atoms with van der Waals surface area (Å²) < 4.78 is 5.19. The number of unbranched alkanes of at least 4 members (excludes halogenated alkanes) is 1. The summed E-state index contributed by atoms with van der Waals surface area (Å²) in [5, 5.41) is 2.82. The Bertz CT molecular complexity index is 163. The van der Waals surface area contributed by atoms with Gasteiger partial charge in [-0.3, -0.25) is 4.79 Å². The van der Waals surface area contributed by atoms with Crippen molar-refractivity contribution in [3.8, 4) is 0 Å². The first kappa shape index (κ1) is 14.4. The molecule has 0 aliphatic rings. The van der Waals surface area contributed by atoms with Crippen LogP contribution in [0.1, 0.15) is 39.5 Å². The van der Waals surface area contributed by atoms with Crippen LogP contribution in [0, 0.1) is 0 Å². The average Bonchev–Trinajstić information content (AvgIpc) is 2.23. The Morgan fingerprint density at radius 3 is 2.73 bits per heavy atom. The molecular weight excluding hydrogens is 192 g/mol. The zero-order valence-corrected chi connectivity index (χ0v) is 9.92. The molecule has 0 heterocycles. The number of amides is 1. The van der Waals surface area contributed by atoms with E-state index in [0.717, 1.165) is 38.9 Å². The standard InChI is InChI=1S/C11H24N2O2/c1-3-7-10(12)11(14)13-8-5-6-9-15-4-2/h10H,3-9,12H2,1-2H3,(H,13,14). The van der Waals surface area contributed by atoms with E-state index >= 15 is 0 Å². The molecule has 3 N–H and O–H groups in total. The maximum atomic E-state index is 11.4. The summed E-state index contributed by atoms with van der Waals surface area (Å²) in [6.07, 6.45) is 3.63. The van der Waals surface area contributed by atoms with Gasteiger partial charge in [0.1, 0.15) is 0 Å². The third-order valence-corrected chi connectivity index (χ3v) is 2.16. The lowest BCUT2D eigenvalue weighted by atomic mass is 10.1. The van der Waals surface area contributed by atoms with E-state index in [0.29, 0.717) is 6.54 Å². The molecule has 0 rings (SSSR count). The van der Waals surface area contributed by atoms with Gasteiger partial charge in [-0.05, 0) is 26.2 Å². The zero-order chi connectivity index (χ0) is 11.5. The van der Waals surface area contributed by atoms with Crippen molar-refractivity contribution in [2.75, 3.05) is 19.8 Å². The molecule has 0 saturated heterocycles. The van der Waals surface area contributed by atoms with Crippen molar-refractivity contribution in [1.29, 1.82) is 0 Å². The molecule has 1 amide bonds. The highest BCUT2D eigenvalue weighted by molar-refractivity contribution is 5.81. The van der Waals surface area contributed by atoms with Crippen LogP contribution in [-0.2, 0) is 9.53 Å². The second kappa shape index (κ2) is 9.93. The maximum Gasteiger partial charge on any atom is 0.236 e. The highest BCUT2D eigenvalue weighted by Crippen LogP contribution is 1.93. The monoisotopic (exact) mass is 216 g/mol. The Morgan fingerprint density at radius 1 is 1.40 bits per heavy atom. The molecule has 4 nitrogen and oxygen atoms in total. The predicted octanol–water partition coefficient (Wildman–Crippen LogP) is 1.05. The summed E-state index contributed by atoms with van der Waals surface area (Å²) >= 11 is 0. The van der Waals surface area contributed by atoms with Crippen molar-refractivity contribution in [3.63, 3.8) is 0 Å². The average molecular weight is 216 g/mol. The molecule has 1 unspecified atom stereocenters. The predicted molar refractivity (Wildman–Crippen MR) is 61.6 cm³/mol. The van der Waals surface area contributed by atoms with Crippen LogP contribution >= 0.6 is 0 Å². The van der Waals surface area contributed by atoms with Crippen LogP contribution in [0.15, 0.2) is 0 Å². The molecule has 0 saturated carbocycles. The molecule has 0 aromatic heterocycles. The van der Waals surface area contributed by atoms with E-state index in [1.54, 1.807) is 0 Å². The lowest BCUT2D eigenvalue weighted by molar-refractivity contribution is -0.122. The fraction of sp³-hybridized carbons (Fsp3) is 0.909. The lowest BCUT2D eigenvalue weighted by Crippen LogP contribution is -2.40. The van der Waals surface area contributed by atoms with E-state index in [9.17, 15) is 4.79 Å². The minimum absolute atomic E-state index is 0.0340. The number of hydrogen-bond donors (Lipinski definition) is 2. The van der Waals surface area contributed by atoms with Crippen molar-refractivity contribution in [2.24, 2.45) is 5.73 Å². The van der Waals surface area contributed by atoms with E-state index in [1.807, 2.05) is 13.8 Å².